The van der Waals surface area contributed by atoms with Gasteiger partial charge < -0.3 is 15.3 Å². The van der Waals surface area contributed by atoms with E-state index >= 15 is 0 Å². The summed E-state index contributed by atoms with van der Waals surface area (Å²) in [6, 6.07) is 5.88. The number of carbonyl (C=O) groups excluding carboxylic acids is 2. The quantitative estimate of drug-likeness (QED) is 0.316. The van der Waals surface area contributed by atoms with Crippen LogP contribution in [-0.2, 0) is 4.79 Å². The summed E-state index contributed by atoms with van der Waals surface area (Å²) in [6.07, 6.45) is 3.40. The number of nitrogens with one attached hydrogen (secondary N) is 2. The number of amides is 2. The molecule has 0 bridgehead atoms. The fraction of sp³-hybridized carbons (Fsp3) is 0.478. The maximum atomic E-state index is 12.7. The van der Waals surface area contributed by atoms with Gasteiger partial charge >= 0.3 is 0 Å². The van der Waals surface area contributed by atoms with E-state index in [1.165, 1.54) is 0 Å². The topological polar surface area (TPSA) is 102 Å². The number of aliphatic hydroxyl groups excluding tert-OH is 1. The molecule has 0 spiro atoms. The van der Waals surface area contributed by atoms with Gasteiger partial charge in [0.15, 0.2) is 0 Å². The highest BCUT2D eigenvalue weighted by molar-refractivity contribution is 5.98. The number of carbonyl (C=O) groups is 2. The number of likely N-dealkylation sites (N-methyl/N-ethyl adjacent to an activating group) is 1. The third-order valence-corrected chi connectivity index (χ3v) is 6.13. The van der Waals surface area contributed by atoms with E-state index in [1.54, 1.807) is 29.7 Å². The lowest BCUT2D eigenvalue weighted by molar-refractivity contribution is -0.137. The molecule has 2 fully saturated rings. The zero-order chi connectivity index (χ0) is 21.7. The van der Waals surface area contributed by atoms with Crippen molar-refractivity contribution in [3.05, 3.63) is 35.4 Å². The van der Waals surface area contributed by atoms with Crippen molar-refractivity contribution in [1.82, 2.24) is 15.7 Å². The molecule has 2 amide bonds. The van der Waals surface area contributed by atoms with Crippen molar-refractivity contribution in [3.8, 4) is 23.7 Å². The molecule has 0 aliphatic heterocycles. The average Bonchev–Trinajstić information content (AvgIpc) is 3.47. The molecule has 158 valence electrons. The van der Waals surface area contributed by atoms with Gasteiger partial charge in [-0.3, -0.25) is 14.8 Å². The van der Waals surface area contributed by atoms with Crippen LogP contribution in [0.5, 0.6) is 0 Å². The Kier molecular flexibility index (Phi) is 6.79. The third-order valence-electron chi connectivity index (χ3n) is 6.13. The number of hydrogen-bond acceptors (Lipinski definition) is 5. The van der Waals surface area contributed by atoms with Crippen molar-refractivity contribution in [2.45, 2.75) is 37.3 Å². The standard InChI is InChI=1S/C23H27N3O4/c1-26(2)23(12-5-13-23)20(22(29)25-30)24-21(28)17-10-8-16(9-11-17)6-3-4-7-18-14-19(18)15-27/h8-11,18-20,27,30H,5,12-15H2,1-2H3,(H,24,28)(H,25,29)/t18?,19?,20-/m1/s1. The van der Waals surface area contributed by atoms with E-state index in [9.17, 15) is 9.59 Å². The van der Waals surface area contributed by atoms with Crippen molar-refractivity contribution in [1.29, 1.82) is 0 Å². The maximum Gasteiger partial charge on any atom is 0.267 e. The molecule has 2 aliphatic rings. The van der Waals surface area contributed by atoms with Gasteiger partial charge in [0.1, 0.15) is 6.04 Å². The highest BCUT2D eigenvalue weighted by Crippen LogP contribution is 2.39. The van der Waals surface area contributed by atoms with Crippen molar-refractivity contribution < 1.29 is 19.9 Å². The number of aliphatic hydroxyl groups is 1. The van der Waals surface area contributed by atoms with Crippen LogP contribution in [0.4, 0.5) is 0 Å². The molecule has 1 aromatic rings. The molecule has 2 aliphatic carbocycles. The largest absolute Gasteiger partial charge is 0.396 e. The van der Waals surface area contributed by atoms with Gasteiger partial charge in [-0.15, -0.1) is 0 Å². The molecular formula is C23H27N3O4. The molecule has 30 heavy (non-hydrogen) atoms. The van der Waals surface area contributed by atoms with Crippen LogP contribution >= 0.6 is 0 Å². The van der Waals surface area contributed by atoms with Crippen LogP contribution in [0, 0.1) is 35.5 Å². The second-order valence-corrected chi connectivity index (χ2v) is 8.12. The lowest BCUT2D eigenvalue weighted by Gasteiger charge is -2.51. The number of hydrogen-bond donors (Lipinski definition) is 4. The van der Waals surface area contributed by atoms with Crippen LogP contribution in [0.25, 0.3) is 0 Å². The second kappa shape index (κ2) is 9.32. The predicted molar refractivity (Wildman–Crippen MR) is 111 cm³/mol. The van der Waals surface area contributed by atoms with Gasteiger partial charge in [0.05, 0.1) is 0 Å². The van der Waals surface area contributed by atoms with E-state index in [2.05, 4.69) is 29.0 Å². The summed E-state index contributed by atoms with van der Waals surface area (Å²) in [5.41, 5.74) is 2.30. The molecule has 4 N–H and O–H groups in total. The second-order valence-electron chi connectivity index (χ2n) is 8.12. The van der Waals surface area contributed by atoms with Crippen LogP contribution in [0.15, 0.2) is 24.3 Å². The molecule has 2 saturated carbocycles. The molecule has 2 unspecified atom stereocenters. The summed E-state index contributed by atoms with van der Waals surface area (Å²) in [6.45, 7) is 0.173. The first kappa shape index (κ1) is 21.9. The fourth-order valence-electron chi connectivity index (χ4n) is 3.82. The number of hydroxylamine groups is 1. The Morgan fingerprint density at radius 1 is 1.23 bits per heavy atom. The van der Waals surface area contributed by atoms with Gasteiger partial charge in [0.25, 0.3) is 11.8 Å². The zero-order valence-electron chi connectivity index (χ0n) is 17.2. The van der Waals surface area contributed by atoms with Gasteiger partial charge in [-0.2, -0.15) is 0 Å². The van der Waals surface area contributed by atoms with E-state index < -0.39 is 17.5 Å². The van der Waals surface area contributed by atoms with Crippen LogP contribution in [0.3, 0.4) is 0 Å². The van der Waals surface area contributed by atoms with E-state index in [1.807, 2.05) is 19.0 Å². The molecule has 7 heteroatoms. The monoisotopic (exact) mass is 409 g/mol. The van der Waals surface area contributed by atoms with Gasteiger partial charge in [-0.25, -0.2) is 5.48 Å². The maximum absolute atomic E-state index is 12.7. The smallest absolute Gasteiger partial charge is 0.267 e. The molecule has 0 radical (unpaired) electrons. The highest BCUT2D eigenvalue weighted by Gasteiger charge is 2.50. The predicted octanol–water partition coefficient (Wildman–Crippen LogP) is 0.758. The Morgan fingerprint density at radius 2 is 1.93 bits per heavy atom. The Hall–Kier alpha value is -2.84. The molecule has 1 aromatic carbocycles. The number of benzene rings is 1. The van der Waals surface area contributed by atoms with Crippen LogP contribution < -0.4 is 10.8 Å². The van der Waals surface area contributed by atoms with Gasteiger partial charge in [-0.1, -0.05) is 11.8 Å². The average molecular weight is 409 g/mol. The molecule has 0 heterocycles. The number of rotatable bonds is 6. The first-order valence-corrected chi connectivity index (χ1v) is 10.1. The highest BCUT2D eigenvalue weighted by atomic mass is 16.5. The molecular weight excluding hydrogens is 382 g/mol. The normalized spacial score (nSPS) is 21.8. The summed E-state index contributed by atoms with van der Waals surface area (Å²) < 4.78 is 0. The van der Waals surface area contributed by atoms with Crippen molar-refractivity contribution in [3.63, 3.8) is 0 Å². The van der Waals surface area contributed by atoms with Crippen LogP contribution in [-0.4, -0.2) is 59.3 Å². The molecule has 0 aromatic heterocycles. The summed E-state index contributed by atoms with van der Waals surface area (Å²) in [7, 11) is 3.74. The summed E-state index contributed by atoms with van der Waals surface area (Å²) in [4.78, 5) is 26.9. The summed E-state index contributed by atoms with van der Waals surface area (Å²) >= 11 is 0. The van der Waals surface area contributed by atoms with E-state index in [0.29, 0.717) is 11.5 Å². The summed E-state index contributed by atoms with van der Waals surface area (Å²) in [5.74, 6) is 11.1. The van der Waals surface area contributed by atoms with Crippen molar-refractivity contribution in [2.24, 2.45) is 11.8 Å². The van der Waals surface area contributed by atoms with Gasteiger partial charge in [0.2, 0.25) is 0 Å². The van der Waals surface area contributed by atoms with E-state index in [4.69, 9.17) is 10.3 Å². The lowest BCUT2D eigenvalue weighted by Crippen LogP contribution is -2.68. The van der Waals surface area contributed by atoms with E-state index in [-0.39, 0.29) is 18.4 Å². The molecule has 3 rings (SSSR count). The SMILES string of the molecule is CN(C)C1([C@H](NC(=O)c2ccc(C#CC#CC3CC3CO)cc2)C(=O)NO)CCC1. The van der Waals surface area contributed by atoms with E-state index in [0.717, 1.165) is 31.2 Å². The van der Waals surface area contributed by atoms with Gasteiger partial charge in [-0.05, 0) is 81.8 Å². The molecule has 7 nitrogen and oxygen atoms in total. The fourth-order valence-corrected chi connectivity index (χ4v) is 3.82. The lowest BCUT2D eigenvalue weighted by atomic mass is 9.70. The Balaban J connectivity index is 1.65. The Labute approximate surface area is 176 Å². The zero-order valence-corrected chi connectivity index (χ0v) is 17.2. The third kappa shape index (κ3) is 4.66. The van der Waals surface area contributed by atoms with Gasteiger partial charge in [0, 0.05) is 29.2 Å². The molecule has 3 atom stereocenters. The van der Waals surface area contributed by atoms with Crippen molar-refractivity contribution >= 4 is 11.8 Å². The first-order valence-electron chi connectivity index (χ1n) is 10.1. The molecule has 0 saturated heterocycles. The minimum absolute atomic E-state index is 0.173. The Bertz CT molecular complexity index is 914. The minimum Gasteiger partial charge on any atom is -0.396 e. The van der Waals surface area contributed by atoms with Crippen LogP contribution in [0.2, 0.25) is 0 Å². The van der Waals surface area contributed by atoms with Crippen molar-refractivity contribution in [2.75, 3.05) is 20.7 Å². The number of nitrogens with zero attached hydrogens (tertiary/aromatic N) is 1. The first-order chi connectivity index (χ1) is 14.4. The summed E-state index contributed by atoms with van der Waals surface area (Å²) in [5, 5.41) is 20.9. The Morgan fingerprint density at radius 3 is 2.43 bits per heavy atom. The van der Waals surface area contributed by atoms with Crippen LogP contribution in [0.1, 0.15) is 41.6 Å². The minimum atomic E-state index is -0.862.